The van der Waals surface area contributed by atoms with Crippen LogP contribution >= 0.6 is 0 Å². The van der Waals surface area contributed by atoms with Crippen molar-refractivity contribution in [1.82, 2.24) is 19.4 Å². The molecule has 1 atom stereocenters. The molecule has 32 heavy (non-hydrogen) atoms. The normalized spacial score (nSPS) is 17.0. The number of hydrogen-bond acceptors (Lipinski definition) is 6. The summed E-state index contributed by atoms with van der Waals surface area (Å²) >= 11 is 0. The summed E-state index contributed by atoms with van der Waals surface area (Å²) in [7, 11) is 0. The number of carbonyl (C=O) groups is 1. The Morgan fingerprint density at radius 2 is 2.19 bits per heavy atom. The maximum Gasteiger partial charge on any atom is 0.254 e. The van der Waals surface area contributed by atoms with Crippen LogP contribution in [0.1, 0.15) is 64.3 Å². The molecule has 8 nitrogen and oxygen atoms in total. The fraction of sp³-hybridized carbons (Fsp3) is 0.542. The molecule has 0 unspecified atom stereocenters. The Bertz CT molecular complexity index is 1070. The molecule has 3 aromatic heterocycles. The number of fused-ring (bicyclic) bond motifs is 1. The van der Waals surface area contributed by atoms with E-state index in [0.717, 1.165) is 36.5 Å². The van der Waals surface area contributed by atoms with Crippen molar-refractivity contribution in [2.75, 3.05) is 25.0 Å². The second kappa shape index (κ2) is 9.22. The van der Waals surface area contributed by atoms with Crippen LogP contribution in [0.5, 0.6) is 5.88 Å². The topological polar surface area (TPSA) is 84.9 Å². The Morgan fingerprint density at radius 1 is 1.34 bits per heavy atom. The first kappa shape index (κ1) is 22.2. The summed E-state index contributed by atoms with van der Waals surface area (Å²) in [6, 6.07) is 7.81. The number of piperidine rings is 1. The Kier molecular flexibility index (Phi) is 6.39. The predicted octanol–water partition coefficient (Wildman–Crippen LogP) is 4.27. The Labute approximate surface area is 188 Å². The van der Waals surface area contributed by atoms with E-state index in [2.05, 4.69) is 35.6 Å². The quantitative estimate of drug-likeness (QED) is 0.592. The van der Waals surface area contributed by atoms with Gasteiger partial charge in [0.05, 0.1) is 12.3 Å². The second-order valence-electron chi connectivity index (χ2n) is 9.39. The number of pyridine rings is 1. The molecule has 0 saturated carbocycles. The van der Waals surface area contributed by atoms with Crippen molar-refractivity contribution < 1.29 is 14.1 Å². The number of rotatable bonds is 7. The van der Waals surface area contributed by atoms with Gasteiger partial charge in [0.1, 0.15) is 17.2 Å². The number of nitrogens with zero attached hydrogens (tertiary/aromatic N) is 4. The van der Waals surface area contributed by atoms with Crippen LogP contribution in [0.4, 0.5) is 5.82 Å². The maximum absolute atomic E-state index is 13.0. The molecular formula is C24H33N5O3. The molecule has 4 rings (SSSR count). The van der Waals surface area contributed by atoms with Crippen LogP contribution < -0.4 is 10.1 Å². The SMILES string of the molecule is CCOc1cc(CCC(=O)N2CCC[C@@H](c3nc4ccccn4c3NC(C)(C)C)C2)on1. The number of anilines is 1. The van der Waals surface area contributed by atoms with Gasteiger partial charge in [-0.25, -0.2) is 4.98 Å². The van der Waals surface area contributed by atoms with E-state index in [1.165, 1.54) is 0 Å². The highest BCUT2D eigenvalue weighted by atomic mass is 16.5. The Balaban J connectivity index is 1.47. The van der Waals surface area contributed by atoms with E-state index in [9.17, 15) is 4.79 Å². The molecule has 0 aliphatic carbocycles. The first-order valence-electron chi connectivity index (χ1n) is 11.5. The van der Waals surface area contributed by atoms with Gasteiger partial charge in [-0.3, -0.25) is 9.20 Å². The van der Waals surface area contributed by atoms with Crippen molar-refractivity contribution in [3.63, 3.8) is 0 Å². The molecule has 4 heterocycles. The lowest BCUT2D eigenvalue weighted by Gasteiger charge is -2.33. The summed E-state index contributed by atoms with van der Waals surface area (Å²) in [5.41, 5.74) is 1.87. The van der Waals surface area contributed by atoms with Crippen molar-refractivity contribution in [1.29, 1.82) is 0 Å². The van der Waals surface area contributed by atoms with Crippen LogP contribution in [0, 0.1) is 0 Å². The summed E-state index contributed by atoms with van der Waals surface area (Å²) in [4.78, 5) is 19.9. The molecule has 8 heteroatoms. The maximum atomic E-state index is 13.0. The van der Waals surface area contributed by atoms with Crippen molar-refractivity contribution in [2.45, 2.75) is 64.8 Å². The summed E-state index contributed by atoms with van der Waals surface area (Å²) in [6.07, 6.45) is 4.94. The predicted molar refractivity (Wildman–Crippen MR) is 123 cm³/mol. The highest BCUT2D eigenvalue weighted by molar-refractivity contribution is 5.76. The molecule has 0 spiro atoms. The lowest BCUT2D eigenvalue weighted by atomic mass is 9.93. The molecule has 1 amide bonds. The van der Waals surface area contributed by atoms with E-state index in [1.807, 2.05) is 36.2 Å². The number of ether oxygens (including phenoxy) is 1. The standard InChI is InChI=1S/C24H33N5O3/c1-5-31-20-15-18(32-27-20)11-12-21(30)28-13-8-9-17(16-28)22-23(26-24(2,3)4)29-14-7-6-10-19(29)25-22/h6-7,10,14-15,17,26H,5,8-9,11-13,16H2,1-4H3/t17-/m1/s1. The van der Waals surface area contributed by atoms with Crippen molar-refractivity contribution in [3.05, 3.63) is 41.9 Å². The highest BCUT2D eigenvalue weighted by Gasteiger charge is 2.30. The van der Waals surface area contributed by atoms with Crippen molar-refractivity contribution in [2.24, 2.45) is 0 Å². The molecule has 1 fully saturated rings. The smallest absolute Gasteiger partial charge is 0.254 e. The van der Waals surface area contributed by atoms with Gasteiger partial charge in [-0.2, -0.15) is 0 Å². The highest BCUT2D eigenvalue weighted by Crippen LogP contribution is 2.34. The third kappa shape index (κ3) is 5.06. The van der Waals surface area contributed by atoms with Gasteiger partial charge < -0.3 is 19.5 Å². The minimum atomic E-state index is -0.0951. The lowest BCUT2D eigenvalue weighted by Crippen LogP contribution is -2.39. The number of hydrogen-bond donors (Lipinski definition) is 1. The molecule has 1 saturated heterocycles. The molecule has 0 radical (unpaired) electrons. The van der Waals surface area contributed by atoms with Crippen LogP contribution in [0.2, 0.25) is 0 Å². The third-order valence-electron chi connectivity index (χ3n) is 5.63. The minimum Gasteiger partial charge on any atom is -0.476 e. The summed E-state index contributed by atoms with van der Waals surface area (Å²) in [5.74, 6) is 2.51. The first-order chi connectivity index (χ1) is 15.3. The van der Waals surface area contributed by atoms with E-state index in [1.54, 1.807) is 6.07 Å². The van der Waals surface area contributed by atoms with Crippen LogP contribution in [0.3, 0.4) is 0 Å². The van der Waals surface area contributed by atoms with Gasteiger partial charge in [-0.05, 0) is 57.8 Å². The number of amides is 1. The molecule has 0 aromatic carbocycles. The van der Waals surface area contributed by atoms with E-state index in [-0.39, 0.29) is 17.4 Å². The zero-order chi connectivity index (χ0) is 22.7. The Morgan fingerprint density at radius 3 is 2.97 bits per heavy atom. The average Bonchev–Trinajstić information content (AvgIpc) is 3.36. The lowest BCUT2D eigenvalue weighted by molar-refractivity contribution is -0.132. The van der Waals surface area contributed by atoms with Crippen molar-refractivity contribution >= 4 is 17.4 Å². The molecule has 0 bridgehead atoms. The summed E-state index contributed by atoms with van der Waals surface area (Å²) < 4.78 is 12.7. The van der Waals surface area contributed by atoms with Crippen molar-refractivity contribution in [3.8, 4) is 5.88 Å². The number of imidazole rings is 1. The average molecular weight is 440 g/mol. The number of carbonyl (C=O) groups excluding carboxylic acids is 1. The van der Waals surface area contributed by atoms with E-state index >= 15 is 0 Å². The third-order valence-corrected chi connectivity index (χ3v) is 5.63. The zero-order valence-electron chi connectivity index (χ0n) is 19.4. The van der Waals surface area contributed by atoms with E-state index in [4.69, 9.17) is 14.2 Å². The van der Waals surface area contributed by atoms with Crippen LogP contribution in [-0.4, -0.2) is 50.6 Å². The molecule has 3 aromatic rings. The largest absolute Gasteiger partial charge is 0.476 e. The monoisotopic (exact) mass is 439 g/mol. The molecule has 172 valence electrons. The van der Waals surface area contributed by atoms with Gasteiger partial charge >= 0.3 is 0 Å². The van der Waals surface area contributed by atoms with Gasteiger partial charge in [0, 0.05) is 49.7 Å². The van der Waals surface area contributed by atoms with Crippen LogP contribution in [-0.2, 0) is 11.2 Å². The number of likely N-dealkylation sites (tertiary alicyclic amines) is 1. The van der Waals surface area contributed by atoms with Gasteiger partial charge in [0.15, 0.2) is 0 Å². The summed E-state index contributed by atoms with van der Waals surface area (Å²) in [5, 5.41) is 7.51. The zero-order valence-corrected chi connectivity index (χ0v) is 19.4. The van der Waals surface area contributed by atoms with Gasteiger partial charge in [0.25, 0.3) is 5.88 Å². The van der Waals surface area contributed by atoms with Gasteiger partial charge in [0.2, 0.25) is 5.91 Å². The fourth-order valence-electron chi connectivity index (χ4n) is 4.22. The minimum absolute atomic E-state index is 0.0951. The molecule has 1 aliphatic heterocycles. The van der Waals surface area contributed by atoms with E-state index in [0.29, 0.717) is 37.6 Å². The first-order valence-corrected chi connectivity index (χ1v) is 11.5. The Hall–Kier alpha value is -3.03. The van der Waals surface area contributed by atoms with Crippen LogP contribution in [0.25, 0.3) is 5.65 Å². The number of aromatic nitrogens is 3. The number of aryl methyl sites for hydroxylation is 1. The van der Waals surface area contributed by atoms with Gasteiger partial charge in [-0.15, -0.1) is 0 Å². The van der Waals surface area contributed by atoms with Gasteiger partial charge in [-0.1, -0.05) is 6.07 Å². The van der Waals surface area contributed by atoms with Crippen LogP contribution in [0.15, 0.2) is 35.0 Å². The fourth-order valence-corrected chi connectivity index (χ4v) is 4.22. The molecule has 1 N–H and O–H groups in total. The molecular weight excluding hydrogens is 406 g/mol. The van der Waals surface area contributed by atoms with E-state index < -0.39 is 0 Å². The summed E-state index contributed by atoms with van der Waals surface area (Å²) in [6.45, 7) is 10.3. The second-order valence-corrected chi connectivity index (χ2v) is 9.39. The number of nitrogens with one attached hydrogen (secondary N) is 1. The molecule has 1 aliphatic rings.